The van der Waals surface area contributed by atoms with Crippen LogP contribution in [-0.4, -0.2) is 46.5 Å². The van der Waals surface area contributed by atoms with Crippen molar-refractivity contribution >= 4 is 35.1 Å². The molecule has 1 aromatic heterocycles. The van der Waals surface area contributed by atoms with Crippen LogP contribution >= 0.6 is 0 Å². The molecule has 1 aliphatic rings. The second-order valence-corrected chi connectivity index (χ2v) is 10.7. The van der Waals surface area contributed by atoms with Gasteiger partial charge in [0.2, 0.25) is 0 Å². The van der Waals surface area contributed by atoms with Crippen molar-refractivity contribution < 1.29 is 19.1 Å². The van der Waals surface area contributed by atoms with Gasteiger partial charge in [-0.25, -0.2) is 9.78 Å². The van der Waals surface area contributed by atoms with E-state index in [-0.39, 0.29) is 18.4 Å². The van der Waals surface area contributed by atoms with Crippen molar-refractivity contribution in [3.8, 4) is 17.9 Å². The predicted molar refractivity (Wildman–Crippen MR) is 160 cm³/mol. The van der Waals surface area contributed by atoms with Gasteiger partial charge in [0, 0.05) is 37.5 Å². The topological polar surface area (TPSA) is 116 Å². The van der Waals surface area contributed by atoms with Crippen molar-refractivity contribution in [1.82, 2.24) is 9.88 Å². The molecular weight excluding hydrogens is 530 g/mol. The molecule has 9 nitrogen and oxygen atoms in total. The number of hydrogen-bond donors (Lipinski definition) is 1. The number of benzene rings is 2. The third-order valence-corrected chi connectivity index (χ3v) is 6.31. The van der Waals surface area contributed by atoms with Gasteiger partial charge in [-0.2, -0.15) is 5.26 Å². The van der Waals surface area contributed by atoms with E-state index in [2.05, 4.69) is 28.2 Å². The smallest absolute Gasteiger partial charge is 0.414 e. The van der Waals surface area contributed by atoms with Crippen LogP contribution in [0.2, 0.25) is 0 Å². The Bertz CT molecular complexity index is 1550. The lowest BCUT2D eigenvalue weighted by Crippen LogP contribution is -2.37. The fraction of sp³-hybridized carbons (Fsp3) is 0.303. The predicted octanol–water partition coefficient (Wildman–Crippen LogP) is 6.28. The van der Waals surface area contributed by atoms with Crippen LogP contribution in [0.3, 0.4) is 0 Å². The van der Waals surface area contributed by atoms with Gasteiger partial charge in [0.1, 0.15) is 11.4 Å². The van der Waals surface area contributed by atoms with Crippen LogP contribution in [0.1, 0.15) is 78.8 Å². The van der Waals surface area contributed by atoms with Crippen molar-refractivity contribution in [1.29, 1.82) is 5.26 Å². The van der Waals surface area contributed by atoms with Gasteiger partial charge >= 0.3 is 6.09 Å². The molecule has 9 heteroatoms. The molecule has 0 atom stereocenters. The molecule has 0 fully saturated rings. The van der Waals surface area contributed by atoms with Gasteiger partial charge in [-0.15, -0.1) is 0 Å². The highest BCUT2D eigenvalue weighted by atomic mass is 16.6. The fourth-order valence-electron chi connectivity index (χ4n) is 4.38. The highest BCUT2D eigenvalue weighted by Gasteiger charge is 2.34. The quantitative estimate of drug-likeness (QED) is 0.195. The van der Waals surface area contributed by atoms with E-state index in [0.29, 0.717) is 59.6 Å². The highest BCUT2D eigenvalue weighted by Crippen LogP contribution is 2.27. The van der Waals surface area contributed by atoms with Gasteiger partial charge in [0.25, 0.3) is 11.8 Å². The first kappa shape index (κ1) is 29.8. The molecule has 3 amide bonds. The number of unbranched alkanes of at least 4 members (excludes halogenated alkanes) is 1. The number of hydrogen-bond acceptors (Lipinski definition) is 7. The fourth-order valence-corrected chi connectivity index (χ4v) is 4.38. The van der Waals surface area contributed by atoms with Gasteiger partial charge < -0.3 is 10.1 Å². The first-order valence-corrected chi connectivity index (χ1v) is 13.8. The number of nitrogens with zero attached hydrogens (tertiary/aromatic N) is 4. The lowest BCUT2D eigenvalue weighted by atomic mass is 10.1. The Kier molecular flexibility index (Phi) is 9.24. The summed E-state index contributed by atoms with van der Waals surface area (Å²) in [5, 5.41) is 12.3. The second-order valence-electron chi connectivity index (χ2n) is 10.7. The largest absolute Gasteiger partial charge is 0.443 e. The number of carbonyl (C=O) groups is 3. The van der Waals surface area contributed by atoms with Gasteiger partial charge in [0.15, 0.2) is 0 Å². The molecule has 3 aromatic rings. The molecule has 42 heavy (non-hydrogen) atoms. The van der Waals surface area contributed by atoms with E-state index in [0.717, 1.165) is 5.69 Å². The second kappa shape index (κ2) is 13.0. The Balaban J connectivity index is 1.54. The lowest BCUT2D eigenvalue weighted by Gasteiger charge is -2.28. The Morgan fingerprint density at radius 3 is 2.33 bits per heavy atom. The summed E-state index contributed by atoms with van der Waals surface area (Å²) in [5.41, 5.74) is 2.54. The average molecular weight is 564 g/mol. The van der Waals surface area contributed by atoms with E-state index in [1.165, 1.54) is 4.90 Å². The molecule has 0 unspecified atom stereocenters. The zero-order valence-electron chi connectivity index (χ0n) is 24.2. The minimum Gasteiger partial charge on any atom is -0.443 e. The zero-order valence-corrected chi connectivity index (χ0v) is 24.2. The maximum absolute atomic E-state index is 13.2. The van der Waals surface area contributed by atoms with Crippen LogP contribution in [0.4, 0.5) is 22.0 Å². The van der Waals surface area contributed by atoms with E-state index in [1.807, 2.05) is 27.7 Å². The number of aromatic nitrogens is 1. The van der Waals surface area contributed by atoms with E-state index in [4.69, 9.17) is 10.00 Å². The molecule has 0 bridgehead atoms. The third-order valence-electron chi connectivity index (χ3n) is 6.31. The van der Waals surface area contributed by atoms with E-state index >= 15 is 0 Å². The van der Waals surface area contributed by atoms with Crippen LogP contribution in [0.15, 0.2) is 60.8 Å². The first-order chi connectivity index (χ1) is 20.1. The minimum absolute atomic E-state index is 0.263. The standard InChI is InChI=1S/C33H33N5O4/c1-5-18-37(32(41)42-33(2,3)4)28-20-29(36-25-16-14-23(21-34)15-17-25)35-22-24(28)11-7-6-10-19-38-30(39)26-12-8-9-13-27(26)31(38)40/h8-9,12-17,20,22H,5-6,10,18-19H2,1-4H3,(H,35,36). The van der Waals surface area contributed by atoms with Crippen molar-refractivity contribution in [2.24, 2.45) is 0 Å². The molecule has 2 aromatic carbocycles. The Hall–Kier alpha value is -5.15. The maximum Gasteiger partial charge on any atom is 0.414 e. The van der Waals surface area contributed by atoms with Gasteiger partial charge in [0.05, 0.1) is 34.0 Å². The number of rotatable bonds is 8. The van der Waals surface area contributed by atoms with Crippen LogP contribution in [-0.2, 0) is 4.74 Å². The van der Waals surface area contributed by atoms with Gasteiger partial charge in [-0.1, -0.05) is 30.9 Å². The SMILES string of the molecule is CCCN(C(=O)OC(C)(C)C)c1cc(Nc2ccc(C#N)cc2)ncc1C#CCCCN1C(=O)c2ccccc2C1=O. The van der Waals surface area contributed by atoms with Crippen LogP contribution < -0.4 is 10.2 Å². The molecule has 4 rings (SSSR count). The number of nitrogens with one attached hydrogen (secondary N) is 1. The number of imide groups is 1. The number of ether oxygens (including phenoxy) is 1. The molecule has 0 radical (unpaired) electrons. The molecule has 0 saturated carbocycles. The van der Waals surface area contributed by atoms with E-state index < -0.39 is 11.7 Å². The Morgan fingerprint density at radius 2 is 1.74 bits per heavy atom. The van der Waals surface area contributed by atoms with E-state index in [9.17, 15) is 14.4 Å². The van der Waals surface area contributed by atoms with E-state index in [1.54, 1.807) is 65.7 Å². The highest BCUT2D eigenvalue weighted by molar-refractivity contribution is 6.21. The minimum atomic E-state index is -0.685. The van der Waals surface area contributed by atoms with Crippen molar-refractivity contribution in [2.75, 3.05) is 23.3 Å². The maximum atomic E-state index is 13.2. The Morgan fingerprint density at radius 1 is 1.07 bits per heavy atom. The van der Waals surface area contributed by atoms with Gasteiger partial charge in [-0.3, -0.25) is 19.4 Å². The number of amides is 3. The monoisotopic (exact) mass is 563 g/mol. The molecular formula is C33H33N5O4. The van der Waals surface area contributed by atoms with Gasteiger partial charge in [-0.05, 0) is 70.0 Å². The Labute approximate surface area is 246 Å². The molecule has 0 spiro atoms. The number of nitriles is 1. The number of anilines is 3. The third kappa shape index (κ3) is 7.13. The molecule has 2 heterocycles. The number of fused-ring (bicyclic) bond motifs is 1. The molecule has 214 valence electrons. The van der Waals surface area contributed by atoms with Crippen molar-refractivity contribution in [3.05, 3.63) is 83.0 Å². The summed E-state index contributed by atoms with van der Waals surface area (Å²) in [7, 11) is 0. The summed E-state index contributed by atoms with van der Waals surface area (Å²) in [6, 6.07) is 17.6. The summed E-state index contributed by atoms with van der Waals surface area (Å²) < 4.78 is 5.69. The molecule has 1 N–H and O–H groups in total. The van der Waals surface area contributed by atoms with Crippen LogP contribution in [0.5, 0.6) is 0 Å². The summed E-state index contributed by atoms with van der Waals surface area (Å²) in [5.74, 6) is 6.17. The van der Waals surface area contributed by atoms with Crippen LogP contribution in [0, 0.1) is 23.2 Å². The molecule has 0 saturated heterocycles. The molecule has 1 aliphatic heterocycles. The molecule has 0 aliphatic carbocycles. The number of pyridine rings is 1. The lowest BCUT2D eigenvalue weighted by molar-refractivity contribution is 0.0578. The first-order valence-electron chi connectivity index (χ1n) is 13.8. The van der Waals surface area contributed by atoms with Crippen LogP contribution in [0.25, 0.3) is 0 Å². The van der Waals surface area contributed by atoms with Crippen molar-refractivity contribution in [3.63, 3.8) is 0 Å². The van der Waals surface area contributed by atoms with Crippen molar-refractivity contribution in [2.45, 2.75) is 52.6 Å². The summed E-state index contributed by atoms with van der Waals surface area (Å²) in [6.45, 7) is 8.08. The summed E-state index contributed by atoms with van der Waals surface area (Å²) in [6.07, 6.45) is 2.73. The zero-order chi connectivity index (χ0) is 30.3. The summed E-state index contributed by atoms with van der Waals surface area (Å²) >= 11 is 0. The normalized spacial score (nSPS) is 12.2. The average Bonchev–Trinajstić information content (AvgIpc) is 3.20. The summed E-state index contributed by atoms with van der Waals surface area (Å²) in [4.78, 5) is 45.8. The number of carbonyl (C=O) groups excluding carboxylic acids is 3.